The fourth-order valence-corrected chi connectivity index (χ4v) is 1.08. The summed E-state index contributed by atoms with van der Waals surface area (Å²) >= 11 is 0. The van der Waals surface area contributed by atoms with E-state index in [1.165, 1.54) is 0 Å². The smallest absolute Gasteiger partial charge is 0.326 e. The van der Waals surface area contributed by atoms with Crippen molar-refractivity contribution in [3.05, 3.63) is 0 Å². The molecule has 0 aliphatic carbocycles. The zero-order chi connectivity index (χ0) is 14.3. The van der Waals surface area contributed by atoms with E-state index in [-0.39, 0.29) is 12.8 Å². The first-order valence-corrected chi connectivity index (χ1v) is 5.03. The molecule has 0 unspecified atom stereocenters. The predicted molar refractivity (Wildman–Crippen MR) is 58.2 cm³/mol. The summed E-state index contributed by atoms with van der Waals surface area (Å²) in [6.45, 7) is 0. The maximum atomic E-state index is 11.4. The van der Waals surface area contributed by atoms with E-state index in [9.17, 15) is 19.2 Å². The van der Waals surface area contributed by atoms with Gasteiger partial charge in [0.1, 0.15) is 6.04 Å². The number of carbonyl (C=O) groups excluding carboxylic acids is 2. The second kappa shape index (κ2) is 7.22. The number of amides is 2. The van der Waals surface area contributed by atoms with Crippen molar-refractivity contribution in [2.24, 2.45) is 11.5 Å². The molecule has 0 aliphatic rings. The lowest BCUT2D eigenvalue weighted by Gasteiger charge is -2.16. The molecule has 2 atom stereocenters. The Morgan fingerprint density at radius 2 is 1.72 bits per heavy atom. The fraction of sp³-hybridized carbons (Fsp3) is 0.556. The van der Waals surface area contributed by atoms with Gasteiger partial charge in [-0.1, -0.05) is 0 Å². The summed E-state index contributed by atoms with van der Waals surface area (Å²) in [7, 11) is 0. The van der Waals surface area contributed by atoms with Gasteiger partial charge in [0.05, 0.1) is 12.5 Å². The van der Waals surface area contributed by atoms with Crippen LogP contribution in [-0.2, 0) is 19.2 Å². The first-order valence-electron chi connectivity index (χ1n) is 5.03. The van der Waals surface area contributed by atoms with Crippen molar-refractivity contribution in [3.63, 3.8) is 0 Å². The van der Waals surface area contributed by atoms with Crippen LogP contribution in [0.3, 0.4) is 0 Å². The lowest BCUT2D eigenvalue weighted by atomic mass is 10.1. The van der Waals surface area contributed by atoms with Gasteiger partial charge in [0, 0.05) is 6.42 Å². The van der Waals surface area contributed by atoms with Gasteiger partial charge in [-0.05, 0) is 6.42 Å². The quantitative estimate of drug-likeness (QED) is 0.324. The van der Waals surface area contributed by atoms with Gasteiger partial charge in [0.2, 0.25) is 11.8 Å². The molecular formula is C9H15N3O6. The van der Waals surface area contributed by atoms with Crippen molar-refractivity contribution in [2.45, 2.75) is 31.3 Å². The summed E-state index contributed by atoms with van der Waals surface area (Å²) in [5.41, 5.74) is 10.2. The minimum Gasteiger partial charge on any atom is -0.481 e. The number of carbonyl (C=O) groups is 4. The van der Waals surface area contributed by atoms with E-state index in [1.807, 2.05) is 5.32 Å². The number of nitrogens with one attached hydrogen (secondary N) is 1. The molecule has 0 aliphatic heterocycles. The van der Waals surface area contributed by atoms with E-state index in [0.717, 1.165) is 0 Å². The minimum atomic E-state index is -1.56. The number of hydrogen-bond acceptors (Lipinski definition) is 5. The van der Waals surface area contributed by atoms with Crippen molar-refractivity contribution in [3.8, 4) is 0 Å². The summed E-state index contributed by atoms with van der Waals surface area (Å²) in [4.78, 5) is 42.9. The second-order valence-electron chi connectivity index (χ2n) is 3.61. The summed E-state index contributed by atoms with van der Waals surface area (Å²) in [6.07, 6.45) is -0.921. The fourth-order valence-electron chi connectivity index (χ4n) is 1.08. The van der Waals surface area contributed by atoms with Crippen molar-refractivity contribution >= 4 is 23.8 Å². The Bertz CT molecular complexity index is 356. The summed E-state index contributed by atoms with van der Waals surface area (Å²) in [5.74, 6) is -4.33. The highest BCUT2D eigenvalue weighted by Gasteiger charge is 2.25. The molecule has 18 heavy (non-hydrogen) atoms. The van der Waals surface area contributed by atoms with Gasteiger partial charge in [-0.3, -0.25) is 14.4 Å². The van der Waals surface area contributed by atoms with E-state index in [1.54, 1.807) is 0 Å². The molecule has 9 heteroatoms. The van der Waals surface area contributed by atoms with Gasteiger partial charge >= 0.3 is 11.9 Å². The number of carboxylic acids is 2. The van der Waals surface area contributed by atoms with Crippen LogP contribution in [0, 0.1) is 0 Å². The lowest BCUT2D eigenvalue weighted by Crippen LogP contribution is -2.49. The molecule has 102 valence electrons. The molecule has 0 aromatic heterocycles. The van der Waals surface area contributed by atoms with Gasteiger partial charge in [-0.15, -0.1) is 0 Å². The number of primary amides is 1. The van der Waals surface area contributed by atoms with Gasteiger partial charge in [0.25, 0.3) is 0 Å². The van der Waals surface area contributed by atoms with Crippen molar-refractivity contribution in [1.82, 2.24) is 5.32 Å². The Labute approximate surface area is 102 Å². The van der Waals surface area contributed by atoms with Crippen LogP contribution in [0.15, 0.2) is 0 Å². The van der Waals surface area contributed by atoms with Crippen LogP contribution < -0.4 is 16.8 Å². The first-order chi connectivity index (χ1) is 8.23. The number of rotatable bonds is 8. The lowest BCUT2D eigenvalue weighted by molar-refractivity contribution is -0.147. The van der Waals surface area contributed by atoms with E-state index < -0.39 is 42.3 Å². The van der Waals surface area contributed by atoms with E-state index in [4.69, 9.17) is 21.7 Å². The molecular weight excluding hydrogens is 246 g/mol. The van der Waals surface area contributed by atoms with Crippen molar-refractivity contribution < 1.29 is 29.4 Å². The van der Waals surface area contributed by atoms with E-state index in [2.05, 4.69) is 0 Å². The molecule has 0 aromatic carbocycles. The standard InChI is InChI=1S/C9H15N3O6/c10-4(1-2-6(11)13)8(16)12-5(9(17)18)3-7(14)15/h4-5H,1-3,10H2,(H2,11,13)(H,12,16)(H,14,15)(H,17,18)/t4-,5-/m0/s1. The zero-order valence-corrected chi connectivity index (χ0v) is 9.46. The van der Waals surface area contributed by atoms with Gasteiger partial charge in [-0.2, -0.15) is 0 Å². The van der Waals surface area contributed by atoms with Crippen LogP contribution in [0.1, 0.15) is 19.3 Å². The number of hydrogen-bond donors (Lipinski definition) is 5. The highest BCUT2D eigenvalue weighted by Crippen LogP contribution is 1.98. The maximum Gasteiger partial charge on any atom is 0.326 e. The van der Waals surface area contributed by atoms with Crippen LogP contribution in [0.2, 0.25) is 0 Å². The summed E-state index contributed by atoms with van der Waals surface area (Å²) in [5, 5.41) is 19.1. The Balaban J connectivity index is 4.36. The maximum absolute atomic E-state index is 11.4. The molecule has 0 fully saturated rings. The van der Waals surface area contributed by atoms with E-state index in [0.29, 0.717) is 0 Å². The topological polar surface area (TPSA) is 173 Å². The van der Waals surface area contributed by atoms with Crippen LogP contribution in [0.4, 0.5) is 0 Å². The third-order valence-corrected chi connectivity index (χ3v) is 2.03. The third-order valence-electron chi connectivity index (χ3n) is 2.03. The number of carboxylic acid groups (broad SMARTS) is 2. The van der Waals surface area contributed by atoms with Crippen molar-refractivity contribution in [2.75, 3.05) is 0 Å². The Hall–Kier alpha value is -2.16. The molecule has 0 bridgehead atoms. The number of nitrogens with two attached hydrogens (primary N) is 2. The normalized spacial score (nSPS) is 13.4. The molecule has 2 amide bonds. The zero-order valence-electron chi connectivity index (χ0n) is 9.46. The Morgan fingerprint density at radius 3 is 2.11 bits per heavy atom. The van der Waals surface area contributed by atoms with Crippen molar-refractivity contribution in [1.29, 1.82) is 0 Å². The first kappa shape index (κ1) is 15.8. The molecule has 0 radical (unpaired) electrons. The van der Waals surface area contributed by atoms with E-state index >= 15 is 0 Å². The largest absolute Gasteiger partial charge is 0.481 e. The predicted octanol–water partition coefficient (Wildman–Crippen LogP) is -2.38. The summed E-state index contributed by atoms with van der Waals surface area (Å²) in [6, 6.07) is -2.68. The highest BCUT2D eigenvalue weighted by atomic mass is 16.4. The molecule has 0 rings (SSSR count). The van der Waals surface area contributed by atoms with Gasteiger partial charge in [-0.25, -0.2) is 4.79 Å². The average molecular weight is 261 g/mol. The Kier molecular flexibility index (Phi) is 6.35. The Morgan fingerprint density at radius 1 is 1.17 bits per heavy atom. The molecule has 0 saturated heterocycles. The van der Waals surface area contributed by atoms with Gasteiger partial charge in [0.15, 0.2) is 0 Å². The molecule has 0 aromatic rings. The molecule has 9 nitrogen and oxygen atoms in total. The van der Waals surface area contributed by atoms with Crippen LogP contribution in [0.5, 0.6) is 0 Å². The third kappa shape index (κ3) is 6.43. The highest BCUT2D eigenvalue weighted by molar-refractivity contribution is 5.89. The minimum absolute atomic E-state index is 0.0411. The van der Waals surface area contributed by atoms with Crippen LogP contribution >= 0.6 is 0 Å². The molecule has 7 N–H and O–H groups in total. The SMILES string of the molecule is NC(=O)CC[C@H](N)C(=O)N[C@@H](CC(=O)O)C(=O)O. The van der Waals surface area contributed by atoms with Crippen LogP contribution in [0.25, 0.3) is 0 Å². The second-order valence-corrected chi connectivity index (χ2v) is 3.61. The van der Waals surface area contributed by atoms with Crippen LogP contribution in [-0.4, -0.2) is 46.0 Å². The summed E-state index contributed by atoms with van der Waals surface area (Å²) < 4.78 is 0. The molecule has 0 heterocycles. The number of aliphatic carboxylic acids is 2. The average Bonchev–Trinajstić information content (AvgIpc) is 2.23. The van der Waals surface area contributed by atoms with Gasteiger partial charge < -0.3 is 27.0 Å². The monoisotopic (exact) mass is 261 g/mol. The molecule has 0 spiro atoms. The molecule has 0 saturated carbocycles.